The van der Waals surface area contributed by atoms with E-state index in [2.05, 4.69) is 114 Å². The van der Waals surface area contributed by atoms with Crippen molar-refractivity contribution in [2.45, 2.75) is 25.8 Å². The average molecular weight is 430 g/mol. The van der Waals surface area contributed by atoms with Crippen molar-refractivity contribution < 1.29 is 0 Å². The molecule has 0 aliphatic carbocycles. The van der Waals surface area contributed by atoms with Crippen molar-refractivity contribution in [3.63, 3.8) is 0 Å². The number of hydrogen-bond donors (Lipinski definition) is 1. The van der Waals surface area contributed by atoms with Gasteiger partial charge in [-0.2, -0.15) is 0 Å². The lowest BCUT2D eigenvalue weighted by Gasteiger charge is -2.40. The maximum absolute atomic E-state index is 5.73. The molecule has 1 saturated heterocycles. The van der Waals surface area contributed by atoms with Crippen LogP contribution >= 0.6 is 12.2 Å². The first-order valence-corrected chi connectivity index (χ1v) is 11.5. The number of piperazine rings is 1. The molecular formula is C27H31N3S. The van der Waals surface area contributed by atoms with Crippen LogP contribution in [0, 0.1) is 0 Å². The average Bonchev–Trinajstić information content (AvgIpc) is 2.81. The molecule has 4 rings (SSSR count). The summed E-state index contributed by atoms with van der Waals surface area (Å²) in [6.07, 6.45) is 0. The van der Waals surface area contributed by atoms with Crippen molar-refractivity contribution >= 4 is 23.0 Å². The second-order valence-corrected chi connectivity index (χ2v) is 8.84. The smallest absolute Gasteiger partial charge is 0.173 e. The summed E-state index contributed by atoms with van der Waals surface area (Å²) < 4.78 is 0. The molecule has 0 unspecified atom stereocenters. The van der Waals surface area contributed by atoms with E-state index in [9.17, 15) is 0 Å². The molecule has 3 aromatic carbocycles. The molecule has 0 amide bonds. The highest BCUT2D eigenvalue weighted by atomic mass is 32.1. The van der Waals surface area contributed by atoms with Gasteiger partial charge < -0.3 is 10.2 Å². The molecule has 1 heterocycles. The predicted octanol–water partition coefficient (Wildman–Crippen LogP) is 5.91. The molecule has 1 aliphatic rings. The molecule has 0 aromatic heterocycles. The fraction of sp³-hybridized carbons (Fsp3) is 0.296. The summed E-state index contributed by atoms with van der Waals surface area (Å²) in [6.45, 7) is 8.22. The van der Waals surface area contributed by atoms with Crippen LogP contribution in [0.4, 0.5) is 5.69 Å². The number of nitrogens with zero attached hydrogens (tertiary/aromatic N) is 2. The summed E-state index contributed by atoms with van der Waals surface area (Å²) in [4.78, 5) is 4.86. The van der Waals surface area contributed by atoms with Crippen molar-refractivity contribution in [3.8, 4) is 0 Å². The van der Waals surface area contributed by atoms with E-state index in [0.29, 0.717) is 5.92 Å². The van der Waals surface area contributed by atoms with Crippen LogP contribution in [0.3, 0.4) is 0 Å². The first-order chi connectivity index (χ1) is 15.1. The number of thiocarbonyl (C=S) groups is 1. The van der Waals surface area contributed by atoms with E-state index in [1.165, 1.54) is 16.7 Å². The van der Waals surface area contributed by atoms with Gasteiger partial charge in [-0.1, -0.05) is 86.6 Å². The topological polar surface area (TPSA) is 18.5 Å². The van der Waals surface area contributed by atoms with Gasteiger partial charge in [0.2, 0.25) is 0 Å². The Morgan fingerprint density at radius 3 is 1.71 bits per heavy atom. The Kier molecular flexibility index (Phi) is 7.00. The van der Waals surface area contributed by atoms with Crippen LogP contribution in [-0.4, -0.2) is 41.1 Å². The summed E-state index contributed by atoms with van der Waals surface area (Å²) in [5.41, 5.74) is 5.09. The first kappa shape index (κ1) is 21.5. The Labute approximate surface area is 191 Å². The quantitative estimate of drug-likeness (QED) is 0.508. The number of benzene rings is 3. The molecule has 1 fully saturated rings. The summed E-state index contributed by atoms with van der Waals surface area (Å²) in [5, 5.41) is 4.24. The van der Waals surface area contributed by atoms with Crippen LogP contribution in [-0.2, 0) is 0 Å². The van der Waals surface area contributed by atoms with E-state index in [-0.39, 0.29) is 6.04 Å². The van der Waals surface area contributed by atoms with Crippen LogP contribution in [0.25, 0.3) is 0 Å². The lowest BCUT2D eigenvalue weighted by Crippen LogP contribution is -2.50. The third kappa shape index (κ3) is 5.33. The Hall–Kier alpha value is -2.69. The fourth-order valence-corrected chi connectivity index (χ4v) is 4.52. The molecule has 1 aliphatic heterocycles. The van der Waals surface area contributed by atoms with Crippen molar-refractivity contribution in [1.82, 2.24) is 9.80 Å². The van der Waals surface area contributed by atoms with Crippen LogP contribution in [0.1, 0.15) is 42.5 Å². The molecule has 0 saturated carbocycles. The van der Waals surface area contributed by atoms with E-state index >= 15 is 0 Å². The molecule has 160 valence electrons. The van der Waals surface area contributed by atoms with Gasteiger partial charge in [0.25, 0.3) is 0 Å². The maximum atomic E-state index is 5.73. The van der Waals surface area contributed by atoms with E-state index in [1.807, 2.05) is 0 Å². The van der Waals surface area contributed by atoms with Gasteiger partial charge in [-0.25, -0.2) is 0 Å². The van der Waals surface area contributed by atoms with Gasteiger partial charge in [0.05, 0.1) is 6.04 Å². The van der Waals surface area contributed by atoms with Crippen molar-refractivity contribution in [3.05, 3.63) is 102 Å². The Morgan fingerprint density at radius 2 is 1.23 bits per heavy atom. The lowest BCUT2D eigenvalue weighted by molar-refractivity contribution is 0.151. The SMILES string of the molecule is CC(C)c1ccc(NC(=S)N2CCN(C(c3ccccc3)c3ccccc3)CC2)cc1. The minimum absolute atomic E-state index is 0.273. The van der Waals surface area contributed by atoms with E-state index in [1.54, 1.807) is 0 Å². The Morgan fingerprint density at radius 1 is 0.710 bits per heavy atom. The van der Waals surface area contributed by atoms with Crippen molar-refractivity contribution in [1.29, 1.82) is 0 Å². The van der Waals surface area contributed by atoms with Gasteiger partial charge in [-0.15, -0.1) is 0 Å². The zero-order valence-corrected chi connectivity index (χ0v) is 19.2. The Bertz CT molecular complexity index is 923. The molecule has 0 bridgehead atoms. The minimum Gasteiger partial charge on any atom is -0.346 e. The summed E-state index contributed by atoms with van der Waals surface area (Å²) in [7, 11) is 0. The molecule has 0 spiro atoms. The van der Waals surface area contributed by atoms with Crippen LogP contribution in [0.2, 0.25) is 0 Å². The molecule has 3 aromatic rings. The predicted molar refractivity (Wildman–Crippen MR) is 135 cm³/mol. The van der Waals surface area contributed by atoms with E-state index < -0.39 is 0 Å². The number of hydrogen-bond acceptors (Lipinski definition) is 2. The summed E-state index contributed by atoms with van der Waals surface area (Å²) in [5.74, 6) is 0.538. The number of nitrogens with one attached hydrogen (secondary N) is 1. The van der Waals surface area contributed by atoms with E-state index in [4.69, 9.17) is 12.2 Å². The second-order valence-electron chi connectivity index (χ2n) is 8.45. The zero-order valence-electron chi connectivity index (χ0n) is 18.4. The largest absolute Gasteiger partial charge is 0.346 e. The molecular weight excluding hydrogens is 398 g/mol. The number of rotatable bonds is 5. The van der Waals surface area contributed by atoms with Gasteiger partial charge in [-0.3, -0.25) is 4.90 Å². The third-order valence-corrected chi connectivity index (χ3v) is 6.39. The molecule has 0 radical (unpaired) electrons. The van der Waals surface area contributed by atoms with Crippen LogP contribution in [0.5, 0.6) is 0 Å². The Balaban J connectivity index is 1.41. The van der Waals surface area contributed by atoms with Gasteiger partial charge in [0.1, 0.15) is 0 Å². The van der Waals surface area contributed by atoms with Crippen molar-refractivity contribution in [2.75, 3.05) is 31.5 Å². The van der Waals surface area contributed by atoms with Crippen LogP contribution in [0.15, 0.2) is 84.9 Å². The molecule has 1 N–H and O–H groups in total. The van der Waals surface area contributed by atoms with Gasteiger partial charge in [-0.05, 0) is 47.0 Å². The monoisotopic (exact) mass is 429 g/mol. The molecule has 4 heteroatoms. The minimum atomic E-state index is 0.273. The van der Waals surface area contributed by atoms with E-state index in [0.717, 1.165) is 37.0 Å². The van der Waals surface area contributed by atoms with Gasteiger partial charge in [0, 0.05) is 31.9 Å². The molecule has 0 atom stereocenters. The lowest BCUT2D eigenvalue weighted by atomic mass is 9.96. The normalized spacial score (nSPS) is 14.8. The zero-order chi connectivity index (χ0) is 21.6. The van der Waals surface area contributed by atoms with Crippen molar-refractivity contribution in [2.24, 2.45) is 0 Å². The van der Waals surface area contributed by atoms with Gasteiger partial charge in [0.15, 0.2) is 5.11 Å². The third-order valence-electron chi connectivity index (χ3n) is 6.03. The fourth-order valence-electron chi connectivity index (χ4n) is 4.22. The second kappa shape index (κ2) is 10.1. The summed E-state index contributed by atoms with van der Waals surface area (Å²) >= 11 is 5.73. The number of anilines is 1. The standard InChI is InChI=1S/C27H31N3S/c1-21(2)22-13-15-25(16-14-22)28-27(31)30-19-17-29(18-20-30)26(23-9-5-3-6-10-23)24-11-7-4-8-12-24/h3-16,21,26H,17-20H2,1-2H3,(H,28,31). The first-order valence-electron chi connectivity index (χ1n) is 11.1. The summed E-state index contributed by atoms with van der Waals surface area (Å²) in [6, 6.07) is 30.5. The molecule has 31 heavy (non-hydrogen) atoms. The van der Waals surface area contributed by atoms with Crippen LogP contribution < -0.4 is 5.32 Å². The highest BCUT2D eigenvalue weighted by Crippen LogP contribution is 2.29. The highest BCUT2D eigenvalue weighted by molar-refractivity contribution is 7.80. The maximum Gasteiger partial charge on any atom is 0.173 e. The van der Waals surface area contributed by atoms with Gasteiger partial charge >= 0.3 is 0 Å². The molecule has 3 nitrogen and oxygen atoms in total. The highest BCUT2D eigenvalue weighted by Gasteiger charge is 2.27.